The first-order valence-corrected chi connectivity index (χ1v) is 7.96. The van der Waals surface area contributed by atoms with Crippen molar-refractivity contribution in [2.75, 3.05) is 20.2 Å². The van der Waals surface area contributed by atoms with Crippen LogP contribution in [0.15, 0.2) is 17.3 Å². The number of rotatable bonds is 5. The smallest absolute Gasteiger partial charge is 0.361 e. The lowest BCUT2D eigenvalue weighted by Crippen LogP contribution is -2.10. The fourth-order valence-electron chi connectivity index (χ4n) is 1.91. The molecule has 0 spiro atoms. The Morgan fingerprint density at radius 2 is 2.00 bits per heavy atom. The highest BCUT2D eigenvalue weighted by atomic mass is 32.2. The molecule has 0 fully saturated rings. The van der Waals surface area contributed by atoms with Crippen LogP contribution in [0.4, 0.5) is 4.39 Å². The molecule has 2 rings (SSSR count). The first kappa shape index (κ1) is 16.6. The van der Waals surface area contributed by atoms with Crippen LogP contribution in [0, 0.1) is 19.7 Å². The number of aromatic nitrogens is 3. The summed E-state index contributed by atoms with van der Waals surface area (Å²) < 4.78 is 36.1. The van der Waals surface area contributed by atoms with Crippen LogP contribution in [-0.2, 0) is 15.9 Å². The van der Waals surface area contributed by atoms with Gasteiger partial charge in [0.05, 0.1) is 11.3 Å². The van der Waals surface area contributed by atoms with Gasteiger partial charge >= 0.3 is 5.16 Å². The van der Waals surface area contributed by atoms with E-state index in [0.717, 1.165) is 0 Å². The predicted octanol–water partition coefficient (Wildman–Crippen LogP) is 2.01. The number of halogens is 1. The quantitative estimate of drug-likeness (QED) is 0.618. The average Bonchev–Trinajstić information content (AvgIpc) is 2.45. The van der Waals surface area contributed by atoms with Gasteiger partial charge in [-0.05, 0) is 31.5 Å². The molecule has 8 heteroatoms. The molecule has 1 heterocycles. The van der Waals surface area contributed by atoms with Gasteiger partial charge in [0, 0.05) is 18.3 Å². The van der Waals surface area contributed by atoms with Crippen molar-refractivity contribution in [3.8, 4) is 17.0 Å². The normalized spacial score (nSPS) is 12.3. The summed E-state index contributed by atoms with van der Waals surface area (Å²) in [6, 6.07) is 3.06. The predicted molar refractivity (Wildman–Crippen MR) is 79.5 cm³/mol. The van der Waals surface area contributed by atoms with E-state index < -0.39 is 17.0 Å². The largest absolute Gasteiger partial charge is 0.609 e. The molecule has 1 aromatic heterocycles. The van der Waals surface area contributed by atoms with E-state index in [1.54, 1.807) is 19.9 Å². The number of hydrogen-bond acceptors (Lipinski definition) is 6. The Hall–Kier alpha value is -1.77. The van der Waals surface area contributed by atoms with E-state index in [4.69, 9.17) is 9.47 Å². The Labute approximate surface area is 130 Å². The van der Waals surface area contributed by atoms with Crippen LogP contribution >= 0.6 is 0 Å². The Morgan fingerprint density at radius 3 is 2.59 bits per heavy atom. The van der Waals surface area contributed by atoms with Crippen molar-refractivity contribution in [1.29, 1.82) is 0 Å². The lowest BCUT2D eigenvalue weighted by molar-refractivity contribution is 0.0513. The average molecular weight is 325 g/mol. The molecule has 0 amide bonds. The van der Waals surface area contributed by atoms with Crippen molar-refractivity contribution in [1.82, 2.24) is 15.2 Å². The maximum atomic E-state index is 14.4. The Kier molecular flexibility index (Phi) is 5.28. The van der Waals surface area contributed by atoms with Crippen molar-refractivity contribution in [3.63, 3.8) is 0 Å². The van der Waals surface area contributed by atoms with E-state index in [0.29, 0.717) is 17.0 Å². The molecule has 0 N–H and O–H groups in total. The minimum atomic E-state index is -1.35. The zero-order valence-corrected chi connectivity index (χ0v) is 13.5. The van der Waals surface area contributed by atoms with Crippen LogP contribution in [-0.4, -0.2) is 39.9 Å². The maximum absolute atomic E-state index is 14.4. The zero-order chi connectivity index (χ0) is 16.3. The third-order valence-electron chi connectivity index (χ3n) is 2.87. The number of benzene rings is 1. The van der Waals surface area contributed by atoms with Gasteiger partial charge < -0.3 is 14.0 Å². The summed E-state index contributed by atoms with van der Waals surface area (Å²) in [4.78, 5) is 4.11. The van der Waals surface area contributed by atoms with Gasteiger partial charge in [-0.15, -0.1) is 5.10 Å². The summed E-state index contributed by atoms with van der Waals surface area (Å²) in [5.74, 6) is -0.195. The number of hydrogen-bond donors (Lipinski definition) is 0. The van der Waals surface area contributed by atoms with Crippen molar-refractivity contribution < 1.29 is 18.4 Å². The van der Waals surface area contributed by atoms with Gasteiger partial charge in [0.1, 0.15) is 23.5 Å². The number of methoxy groups -OCH3 is 1. The third-order valence-corrected chi connectivity index (χ3v) is 3.55. The lowest BCUT2D eigenvalue weighted by atomic mass is 10.1. The van der Waals surface area contributed by atoms with Crippen molar-refractivity contribution in [3.05, 3.63) is 29.2 Å². The van der Waals surface area contributed by atoms with Gasteiger partial charge in [0.2, 0.25) is 0 Å². The summed E-state index contributed by atoms with van der Waals surface area (Å²) in [7, 11) is 1.48. The van der Waals surface area contributed by atoms with E-state index >= 15 is 0 Å². The number of aryl methyl sites for hydroxylation is 2. The van der Waals surface area contributed by atoms with Crippen LogP contribution in [0.3, 0.4) is 0 Å². The van der Waals surface area contributed by atoms with Gasteiger partial charge in [-0.3, -0.25) is 0 Å². The Morgan fingerprint density at radius 1 is 1.27 bits per heavy atom. The lowest BCUT2D eigenvalue weighted by Gasteiger charge is -2.13. The van der Waals surface area contributed by atoms with Crippen LogP contribution < -0.4 is 4.74 Å². The van der Waals surface area contributed by atoms with E-state index in [-0.39, 0.29) is 23.2 Å². The van der Waals surface area contributed by atoms with Crippen LogP contribution in [0.25, 0.3) is 11.3 Å². The Bertz CT molecular complexity index is 683. The molecule has 0 aliphatic heterocycles. The summed E-state index contributed by atoms with van der Waals surface area (Å²) in [6.07, 6.45) is 1.45. The van der Waals surface area contributed by atoms with Gasteiger partial charge in [0.15, 0.2) is 6.79 Å². The highest BCUT2D eigenvalue weighted by molar-refractivity contribution is 7.90. The van der Waals surface area contributed by atoms with Gasteiger partial charge in [-0.1, -0.05) is 5.10 Å². The number of nitrogens with zero attached hydrogens (tertiary/aromatic N) is 3. The molecule has 118 valence electrons. The molecule has 0 aliphatic carbocycles. The molecule has 0 bridgehead atoms. The summed E-state index contributed by atoms with van der Waals surface area (Å²) in [5, 5.41) is 7.85. The van der Waals surface area contributed by atoms with E-state index in [2.05, 4.69) is 15.2 Å². The van der Waals surface area contributed by atoms with Gasteiger partial charge in [-0.25, -0.2) is 4.39 Å². The summed E-state index contributed by atoms with van der Waals surface area (Å²) in [6.45, 7) is 3.39. The van der Waals surface area contributed by atoms with E-state index in [1.807, 2.05) is 0 Å². The molecule has 2 aromatic rings. The highest BCUT2D eigenvalue weighted by Gasteiger charge is 2.20. The topological polar surface area (TPSA) is 80.2 Å². The fraction of sp³-hybridized carbons (Fsp3) is 0.357. The van der Waals surface area contributed by atoms with Gasteiger partial charge in [-0.2, -0.15) is 4.98 Å². The molecule has 1 atom stereocenters. The minimum absolute atomic E-state index is 0.0210. The molecule has 0 radical (unpaired) electrons. The first-order chi connectivity index (χ1) is 10.4. The molecule has 6 nitrogen and oxygen atoms in total. The van der Waals surface area contributed by atoms with Gasteiger partial charge in [0.25, 0.3) is 0 Å². The van der Waals surface area contributed by atoms with Crippen molar-refractivity contribution in [2.24, 2.45) is 0 Å². The summed E-state index contributed by atoms with van der Waals surface area (Å²) >= 11 is -1.35. The molecule has 1 unspecified atom stereocenters. The number of ether oxygens (including phenoxy) is 2. The SMILES string of the molecule is COCOc1cc(C)cc(F)c1-c1nnc([S+](C)[O-])nc1C. The second kappa shape index (κ2) is 6.99. The van der Waals surface area contributed by atoms with E-state index in [1.165, 1.54) is 19.4 Å². The molecule has 0 aliphatic rings. The highest BCUT2D eigenvalue weighted by Crippen LogP contribution is 2.34. The van der Waals surface area contributed by atoms with Crippen LogP contribution in [0.2, 0.25) is 0 Å². The van der Waals surface area contributed by atoms with Crippen molar-refractivity contribution >= 4 is 11.2 Å². The maximum Gasteiger partial charge on any atom is 0.361 e. The fourth-order valence-corrected chi connectivity index (χ4v) is 2.33. The second-order valence-electron chi connectivity index (χ2n) is 4.65. The monoisotopic (exact) mass is 325 g/mol. The van der Waals surface area contributed by atoms with E-state index in [9.17, 15) is 8.94 Å². The molecule has 22 heavy (non-hydrogen) atoms. The molecule has 1 aromatic carbocycles. The van der Waals surface area contributed by atoms with Crippen LogP contribution in [0.5, 0.6) is 5.75 Å². The molecular weight excluding hydrogens is 309 g/mol. The molecular formula is C14H16FN3O3S. The second-order valence-corrected chi connectivity index (χ2v) is 5.93. The standard InChI is InChI=1S/C14H16FN3O3S/c1-8-5-10(15)12(11(6-8)21-7-20-3)13-9(2)16-14(18-17-13)22(4)19/h5-6H,7H2,1-4H3. The van der Waals surface area contributed by atoms with Crippen LogP contribution in [0.1, 0.15) is 11.3 Å². The molecule has 0 saturated heterocycles. The summed E-state index contributed by atoms with van der Waals surface area (Å²) in [5.41, 5.74) is 1.54. The first-order valence-electron chi connectivity index (χ1n) is 6.41. The Balaban J connectivity index is 2.56. The third kappa shape index (κ3) is 3.52. The molecule has 0 saturated carbocycles. The van der Waals surface area contributed by atoms with Crippen molar-refractivity contribution in [2.45, 2.75) is 19.0 Å². The zero-order valence-electron chi connectivity index (χ0n) is 12.7. The minimum Gasteiger partial charge on any atom is -0.609 e.